The molecule has 35 heavy (non-hydrogen) atoms. The predicted octanol–water partition coefficient (Wildman–Crippen LogP) is 7.02. The number of nitrogens with zero attached hydrogens (tertiary/aromatic N) is 1. The van der Waals surface area contributed by atoms with E-state index in [4.69, 9.17) is 9.57 Å². The van der Waals surface area contributed by atoms with Gasteiger partial charge in [-0.1, -0.05) is 48.5 Å². The van der Waals surface area contributed by atoms with Crippen LogP contribution in [0.15, 0.2) is 84.9 Å². The molecule has 3 aromatic rings. The number of hydrogen-bond donors (Lipinski definition) is 0. The van der Waals surface area contributed by atoms with Gasteiger partial charge in [0, 0.05) is 5.92 Å². The van der Waals surface area contributed by atoms with Crippen LogP contribution in [0.4, 0.5) is 18.9 Å². The maximum atomic E-state index is 13.2. The fourth-order valence-corrected chi connectivity index (χ4v) is 4.26. The number of benzene rings is 3. The minimum atomic E-state index is -4.43. The molecule has 3 aromatic carbocycles. The lowest BCUT2D eigenvalue weighted by molar-refractivity contribution is -0.137. The number of halogens is 3. The lowest BCUT2D eigenvalue weighted by Crippen LogP contribution is -2.39. The van der Waals surface area contributed by atoms with Gasteiger partial charge in [-0.3, -0.25) is 4.84 Å². The molecule has 0 spiro atoms. The van der Waals surface area contributed by atoms with E-state index < -0.39 is 23.8 Å². The number of ether oxygens (including phenoxy) is 1. The first kappa shape index (κ1) is 24.5. The van der Waals surface area contributed by atoms with Crippen molar-refractivity contribution >= 4 is 11.7 Å². The smallest absolute Gasteiger partial charge is 0.416 e. The molecule has 0 aliphatic carbocycles. The van der Waals surface area contributed by atoms with Crippen molar-refractivity contribution in [1.82, 2.24) is 0 Å². The van der Waals surface area contributed by atoms with Gasteiger partial charge in [0.25, 0.3) is 0 Å². The summed E-state index contributed by atoms with van der Waals surface area (Å²) < 4.78 is 44.7. The molecule has 1 aliphatic rings. The van der Waals surface area contributed by atoms with E-state index in [0.717, 1.165) is 28.8 Å². The second kappa shape index (κ2) is 9.96. The molecular formula is C28H26F3NO3. The Morgan fingerprint density at radius 3 is 2.17 bits per heavy atom. The number of alkyl halides is 3. The van der Waals surface area contributed by atoms with Gasteiger partial charge in [0.15, 0.2) is 0 Å². The van der Waals surface area contributed by atoms with Crippen LogP contribution in [0, 0.1) is 6.92 Å². The molecule has 0 radical (unpaired) electrons. The van der Waals surface area contributed by atoms with Crippen molar-refractivity contribution in [3.63, 3.8) is 0 Å². The van der Waals surface area contributed by atoms with Gasteiger partial charge in [0.2, 0.25) is 0 Å². The van der Waals surface area contributed by atoms with Crippen molar-refractivity contribution < 1.29 is 27.5 Å². The molecule has 1 heterocycles. The summed E-state index contributed by atoms with van der Waals surface area (Å²) in [5.41, 5.74) is 3.91. The Balaban J connectivity index is 1.77. The highest BCUT2D eigenvalue weighted by atomic mass is 19.4. The fourth-order valence-electron chi connectivity index (χ4n) is 4.26. The number of aryl methyl sites for hydroxylation is 1. The molecule has 0 unspecified atom stereocenters. The molecule has 2 atom stereocenters. The van der Waals surface area contributed by atoms with E-state index in [-0.39, 0.29) is 19.1 Å². The van der Waals surface area contributed by atoms with Crippen LogP contribution in [0.25, 0.3) is 0 Å². The van der Waals surface area contributed by atoms with E-state index in [1.807, 2.05) is 31.2 Å². The van der Waals surface area contributed by atoms with Crippen LogP contribution in [0.3, 0.4) is 0 Å². The van der Waals surface area contributed by atoms with Crippen LogP contribution in [-0.4, -0.2) is 19.2 Å². The molecule has 1 saturated heterocycles. The average molecular weight is 482 g/mol. The van der Waals surface area contributed by atoms with Gasteiger partial charge in [-0.05, 0) is 66.9 Å². The summed E-state index contributed by atoms with van der Waals surface area (Å²) in [5, 5.41) is 1.69. The number of carbonyl (C=O) groups is 1. The topological polar surface area (TPSA) is 38.8 Å². The average Bonchev–Trinajstić information content (AvgIpc) is 2.84. The molecule has 0 N–H and O–H groups in total. The molecule has 4 rings (SSSR count). The first-order valence-corrected chi connectivity index (χ1v) is 11.3. The highest BCUT2D eigenvalue weighted by molar-refractivity contribution is 5.89. The van der Waals surface area contributed by atoms with Crippen LogP contribution >= 0.6 is 0 Å². The summed E-state index contributed by atoms with van der Waals surface area (Å²) >= 11 is 0. The third-order valence-electron chi connectivity index (χ3n) is 6.05. The van der Waals surface area contributed by atoms with Gasteiger partial charge in [-0.2, -0.15) is 13.2 Å². The molecule has 0 saturated carbocycles. The van der Waals surface area contributed by atoms with Crippen LogP contribution in [0.2, 0.25) is 0 Å². The van der Waals surface area contributed by atoms with Crippen LogP contribution in [-0.2, 0) is 15.8 Å². The standard InChI is InChI=1S/C28H26F3NO3/c1-4-34-27(33)22-11-15-24(16-12-22)32-26(21-9-13-23(14-10-21)28(29,30)31)25(19(3)17-35-32)20-7-5-18(2)6-8-20/h5-16,25-26H,3-4,17H2,1-2H3/t25-,26-/m1/s1. The predicted molar refractivity (Wildman–Crippen MR) is 128 cm³/mol. The maximum Gasteiger partial charge on any atom is 0.416 e. The summed E-state index contributed by atoms with van der Waals surface area (Å²) in [5.74, 6) is -0.658. The van der Waals surface area contributed by atoms with Crippen molar-refractivity contribution in [3.05, 3.63) is 113 Å². The maximum absolute atomic E-state index is 13.2. The molecule has 1 fully saturated rings. The quantitative estimate of drug-likeness (QED) is 0.290. The number of hydrogen-bond acceptors (Lipinski definition) is 4. The minimum absolute atomic E-state index is 0.231. The van der Waals surface area contributed by atoms with E-state index in [1.165, 1.54) is 12.1 Å². The summed E-state index contributed by atoms with van der Waals surface area (Å²) in [6.07, 6.45) is -4.43. The summed E-state index contributed by atoms with van der Waals surface area (Å²) in [4.78, 5) is 18.1. The van der Waals surface area contributed by atoms with Gasteiger partial charge in [0.05, 0.1) is 36.1 Å². The third kappa shape index (κ3) is 5.25. The SMILES string of the molecule is C=C1CON(c2ccc(C(=O)OCC)cc2)[C@H](c2ccc(C(F)(F)F)cc2)[C@H]1c1ccc(C)cc1. The van der Waals surface area contributed by atoms with Crippen molar-refractivity contribution in [2.45, 2.75) is 32.0 Å². The monoisotopic (exact) mass is 481 g/mol. The second-order valence-electron chi connectivity index (χ2n) is 8.48. The fraction of sp³-hybridized carbons (Fsp3) is 0.250. The molecule has 0 bridgehead atoms. The van der Waals surface area contributed by atoms with Crippen LogP contribution in [0.5, 0.6) is 0 Å². The number of carbonyl (C=O) groups excluding carboxylic acids is 1. The Morgan fingerprint density at radius 2 is 1.60 bits per heavy atom. The minimum Gasteiger partial charge on any atom is -0.462 e. The second-order valence-corrected chi connectivity index (χ2v) is 8.48. The lowest BCUT2D eigenvalue weighted by atomic mass is 9.80. The normalized spacial score (nSPS) is 18.4. The van der Waals surface area contributed by atoms with E-state index in [9.17, 15) is 18.0 Å². The zero-order valence-corrected chi connectivity index (χ0v) is 19.5. The highest BCUT2D eigenvalue weighted by Gasteiger charge is 2.38. The molecule has 1 aliphatic heterocycles. The van der Waals surface area contributed by atoms with E-state index in [2.05, 4.69) is 6.58 Å². The molecule has 7 heteroatoms. The zero-order valence-electron chi connectivity index (χ0n) is 19.5. The zero-order chi connectivity index (χ0) is 25.2. The first-order valence-electron chi connectivity index (χ1n) is 11.3. The Hall–Kier alpha value is -3.58. The van der Waals surface area contributed by atoms with Crippen molar-refractivity contribution in [2.24, 2.45) is 0 Å². The van der Waals surface area contributed by atoms with Gasteiger partial charge >= 0.3 is 12.1 Å². The number of esters is 1. The highest BCUT2D eigenvalue weighted by Crippen LogP contribution is 2.46. The van der Waals surface area contributed by atoms with Gasteiger partial charge in [-0.25, -0.2) is 9.86 Å². The third-order valence-corrected chi connectivity index (χ3v) is 6.05. The van der Waals surface area contributed by atoms with Crippen molar-refractivity contribution in [1.29, 1.82) is 0 Å². The Kier molecular flexibility index (Phi) is 6.98. The van der Waals surface area contributed by atoms with E-state index in [1.54, 1.807) is 36.3 Å². The van der Waals surface area contributed by atoms with Gasteiger partial charge in [-0.15, -0.1) is 0 Å². The van der Waals surface area contributed by atoms with E-state index in [0.29, 0.717) is 16.8 Å². The summed E-state index contributed by atoms with van der Waals surface area (Å²) in [6.45, 7) is 8.47. The summed E-state index contributed by atoms with van der Waals surface area (Å²) in [7, 11) is 0. The van der Waals surface area contributed by atoms with E-state index >= 15 is 0 Å². The van der Waals surface area contributed by atoms with Gasteiger partial charge < -0.3 is 4.74 Å². The summed E-state index contributed by atoms with van der Waals surface area (Å²) in [6, 6.07) is 19.4. The van der Waals surface area contributed by atoms with Gasteiger partial charge in [0.1, 0.15) is 0 Å². The number of rotatable bonds is 5. The Morgan fingerprint density at radius 1 is 1.00 bits per heavy atom. The lowest BCUT2D eigenvalue weighted by Gasteiger charge is -2.43. The Bertz CT molecular complexity index is 1190. The molecular weight excluding hydrogens is 455 g/mol. The molecule has 182 valence electrons. The molecule has 0 aromatic heterocycles. The molecule has 0 amide bonds. The number of anilines is 1. The van der Waals surface area contributed by atoms with Crippen LogP contribution < -0.4 is 5.06 Å². The number of hydroxylamine groups is 1. The van der Waals surface area contributed by atoms with Crippen molar-refractivity contribution in [2.75, 3.05) is 18.3 Å². The Labute approximate surface area is 202 Å². The first-order chi connectivity index (χ1) is 16.7. The van der Waals surface area contributed by atoms with Crippen LogP contribution in [0.1, 0.15) is 51.5 Å². The molecule has 4 nitrogen and oxygen atoms in total. The van der Waals surface area contributed by atoms with Crippen molar-refractivity contribution in [3.8, 4) is 0 Å². The largest absolute Gasteiger partial charge is 0.462 e.